The van der Waals surface area contributed by atoms with E-state index in [-0.39, 0.29) is 75.4 Å². The molecule has 0 aliphatic heterocycles. The van der Waals surface area contributed by atoms with E-state index in [9.17, 15) is 0 Å². The van der Waals surface area contributed by atoms with Gasteiger partial charge in [-0.1, -0.05) is 0 Å². The van der Waals surface area contributed by atoms with Gasteiger partial charge in [0.2, 0.25) is 0 Å². The first-order valence-electron chi connectivity index (χ1n) is 0. The first kappa shape index (κ1) is 40.9. The maximum atomic E-state index is 0. The molecule has 0 aromatic heterocycles. The molecule has 1 nitrogen and oxygen atoms in total. The molecule has 0 spiro atoms. The molecule has 0 heterocycles. The van der Waals surface area contributed by atoms with Crippen LogP contribution >= 0.6 is 12.4 Å². The molecule has 4 heteroatoms. The van der Waals surface area contributed by atoms with Crippen molar-refractivity contribution < 1.29 is 63.0 Å². The largest absolute Gasteiger partial charge is 1.00 e. The molecular weight excluding hydrogens is 110 g/mol. The minimum atomic E-state index is 0. The second-order valence-electron chi connectivity index (χ2n) is 0. The minimum absolute atomic E-state index is 0. The maximum Gasteiger partial charge on any atom is 1.00 e. The van der Waals surface area contributed by atoms with Gasteiger partial charge >= 0.3 is 51.4 Å². The van der Waals surface area contributed by atoms with Crippen molar-refractivity contribution in [2.45, 2.75) is 0 Å². The van der Waals surface area contributed by atoms with Crippen LogP contribution in [0.2, 0.25) is 0 Å². The SMILES string of the molecule is Cl.F.O.[H-].[K+]. The second-order valence-corrected chi connectivity index (χ2v) is 0. The molecule has 0 saturated carbocycles. The number of hydrogen-bond acceptors (Lipinski definition) is 0. The third kappa shape index (κ3) is 9.18. The summed E-state index contributed by atoms with van der Waals surface area (Å²) in [6.07, 6.45) is 0. The van der Waals surface area contributed by atoms with Gasteiger partial charge in [-0.15, -0.1) is 12.4 Å². The normalized spacial score (nSPS) is 0. The summed E-state index contributed by atoms with van der Waals surface area (Å²) in [5.41, 5.74) is 0. The molecule has 0 bridgehead atoms. The van der Waals surface area contributed by atoms with E-state index in [0.717, 1.165) is 0 Å². The Morgan fingerprint density at radius 2 is 1.25 bits per heavy atom. The van der Waals surface area contributed by atoms with Crippen LogP contribution in [0.3, 0.4) is 0 Å². The summed E-state index contributed by atoms with van der Waals surface area (Å²) >= 11 is 0. The predicted octanol–water partition coefficient (Wildman–Crippen LogP) is -3.13. The Bertz CT molecular complexity index is 11.6. The molecule has 0 atom stereocenters. The van der Waals surface area contributed by atoms with Crippen molar-refractivity contribution in [1.82, 2.24) is 0 Å². The van der Waals surface area contributed by atoms with E-state index in [1.54, 1.807) is 0 Å². The number of rotatable bonds is 0. The summed E-state index contributed by atoms with van der Waals surface area (Å²) in [6, 6.07) is 0. The van der Waals surface area contributed by atoms with Crippen molar-refractivity contribution in [3.8, 4) is 0 Å². The van der Waals surface area contributed by atoms with E-state index in [1.807, 2.05) is 0 Å². The van der Waals surface area contributed by atoms with Gasteiger partial charge in [0, 0.05) is 0 Å². The zero-order valence-electron chi connectivity index (χ0n) is 3.32. The van der Waals surface area contributed by atoms with E-state index in [0.29, 0.717) is 0 Å². The molecule has 0 aliphatic rings. The minimum Gasteiger partial charge on any atom is -1.00 e. The fourth-order valence-electron chi connectivity index (χ4n) is 0. The molecular formula is H5ClFKO. The first-order chi connectivity index (χ1) is 0. The molecule has 0 amide bonds. The molecule has 0 rings (SSSR count). The summed E-state index contributed by atoms with van der Waals surface area (Å²) in [4.78, 5) is 0. The fourth-order valence-corrected chi connectivity index (χ4v) is 0. The molecule has 0 aromatic carbocycles. The average Bonchev–Trinajstić information content (AvgIpc) is 0. The Kier molecular flexibility index (Phi) is 217. The standard InChI is InChI=1S/ClH.FH.K.H2O.H/h2*1H;;1H2;/q;;+1;;-1. The Labute approximate surface area is 74.1 Å². The van der Waals surface area contributed by atoms with Crippen LogP contribution in [-0.2, 0) is 0 Å². The van der Waals surface area contributed by atoms with E-state index >= 15 is 0 Å². The quantitative estimate of drug-likeness (QED) is 0.298. The molecule has 0 unspecified atom stereocenters. The van der Waals surface area contributed by atoms with Gasteiger partial charge in [-0.05, 0) is 0 Å². The molecule has 0 radical (unpaired) electrons. The molecule has 26 valence electrons. The zero-order valence-corrected chi connectivity index (χ0v) is 6.26. The van der Waals surface area contributed by atoms with Gasteiger partial charge in [-0.25, -0.2) is 0 Å². The van der Waals surface area contributed by atoms with Crippen LogP contribution in [0.5, 0.6) is 0 Å². The topological polar surface area (TPSA) is 31.5 Å². The van der Waals surface area contributed by atoms with Crippen molar-refractivity contribution in [1.29, 1.82) is 0 Å². The van der Waals surface area contributed by atoms with Crippen molar-refractivity contribution >= 4 is 12.4 Å². The van der Waals surface area contributed by atoms with Crippen LogP contribution in [0.1, 0.15) is 1.43 Å². The molecule has 4 heavy (non-hydrogen) atoms. The van der Waals surface area contributed by atoms with E-state index in [4.69, 9.17) is 0 Å². The van der Waals surface area contributed by atoms with Crippen molar-refractivity contribution in [2.75, 3.05) is 0 Å². The predicted molar refractivity (Wildman–Crippen MR) is 14.5 cm³/mol. The van der Waals surface area contributed by atoms with Crippen molar-refractivity contribution in [3.05, 3.63) is 0 Å². The Morgan fingerprint density at radius 1 is 1.25 bits per heavy atom. The van der Waals surface area contributed by atoms with Gasteiger partial charge in [0.15, 0.2) is 0 Å². The van der Waals surface area contributed by atoms with Gasteiger partial charge in [0.05, 0.1) is 0 Å². The summed E-state index contributed by atoms with van der Waals surface area (Å²) in [6.45, 7) is 0. The van der Waals surface area contributed by atoms with Gasteiger partial charge in [0.1, 0.15) is 0 Å². The van der Waals surface area contributed by atoms with Gasteiger partial charge in [0.25, 0.3) is 0 Å². The number of hydrogen-bond donors (Lipinski definition) is 0. The third-order valence-corrected chi connectivity index (χ3v) is 0. The van der Waals surface area contributed by atoms with E-state index in [2.05, 4.69) is 0 Å². The van der Waals surface area contributed by atoms with Crippen molar-refractivity contribution in [3.63, 3.8) is 0 Å². The summed E-state index contributed by atoms with van der Waals surface area (Å²) in [5, 5.41) is 0. The van der Waals surface area contributed by atoms with Gasteiger partial charge in [-0.3, -0.25) is 4.70 Å². The zero-order chi connectivity index (χ0) is 0. The van der Waals surface area contributed by atoms with Crippen LogP contribution in [0.15, 0.2) is 0 Å². The van der Waals surface area contributed by atoms with E-state index in [1.165, 1.54) is 0 Å². The van der Waals surface area contributed by atoms with Crippen LogP contribution in [0, 0.1) is 0 Å². The first-order valence-corrected chi connectivity index (χ1v) is 0. The molecule has 0 aromatic rings. The van der Waals surface area contributed by atoms with Gasteiger partial charge in [-0.2, -0.15) is 0 Å². The van der Waals surface area contributed by atoms with Crippen LogP contribution in [0.25, 0.3) is 0 Å². The molecule has 0 fully saturated rings. The summed E-state index contributed by atoms with van der Waals surface area (Å²) in [5.74, 6) is 0. The fraction of sp³-hybridized carbons (Fsp3) is 0. The van der Waals surface area contributed by atoms with Crippen LogP contribution in [-0.4, -0.2) is 5.48 Å². The van der Waals surface area contributed by atoms with Crippen molar-refractivity contribution in [2.24, 2.45) is 0 Å². The Balaban J connectivity index is 0. The van der Waals surface area contributed by atoms with E-state index < -0.39 is 0 Å². The Hall–Kier alpha value is 1.82. The average molecular weight is 115 g/mol. The second kappa shape index (κ2) is 21.3. The number of halogens is 2. The van der Waals surface area contributed by atoms with Crippen LogP contribution in [0.4, 0.5) is 4.70 Å². The monoisotopic (exact) mass is 114 g/mol. The molecule has 0 aliphatic carbocycles. The summed E-state index contributed by atoms with van der Waals surface area (Å²) < 4.78 is 0. The smallest absolute Gasteiger partial charge is 1.00 e. The van der Waals surface area contributed by atoms with Gasteiger partial charge < -0.3 is 6.90 Å². The third-order valence-electron chi connectivity index (χ3n) is 0. The Morgan fingerprint density at radius 3 is 1.25 bits per heavy atom. The van der Waals surface area contributed by atoms with Crippen LogP contribution < -0.4 is 51.4 Å². The maximum absolute atomic E-state index is 0. The molecule has 0 saturated heterocycles. The molecule has 2 N–H and O–H groups in total. The summed E-state index contributed by atoms with van der Waals surface area (Å²) in [7, 11) is 0.